The van der Waals surface area contributed by atoms with Crippen LogP contribution in [0.3, 0.4) is 0 Å². The van der Waals surface area contributed by atoms with Crippen LogP contribution in [-0.2, 0) is 38.4 Å². The van der Waals surface area contributed by atoms with Crippen LogP contribution in [0.25, 0.3) is 16.0 Å². The lowest BCUT2D eigenvalue weighted by Crippen LogP contribution is -2.51. The summed E-state index contributed by atoms with van der Waals surface area (Å²) < 4.78 is 12.6. The van der Waals surface area contributed by atoms with Gasteiger partial charge in [0.05, 0.1) is 59.4 Å². The van der Waals surface area contributed by atoms with Crippen LogP contribution in [0, 0.1) is 12.0 Å². The number of ether oxygens (including phenoxy) is 2. The van der Waals surface area contributed by atoms with Gasteiger partial charge in [-0.2, -0.15) is 0 Å². The molecule has 21 heteroatoms. The van der Waals surface area contributed by atoms with Gasteiger partial charge in [0.15, 0.2) is 29.0 Å². The van der Waals surface area contributed by atoms with Crippen LogP contribution in [0.1, 0.15) is 108 Å². The van der Waals surface area contributed by atoms with Crippen LogP contribution in [0.4, 0.5) is 28.8 Å². The molecular formula is C51H67N17O4. The van der Waals surface area contributed by atoms with Gasteiger partial charge in [0.25, 0.3) is 6.47 Å². The molecule has 72 heavy (non-hydrogen) atoms. The van der Waals surface area contributed by atoms with E-state index in [4.69, 9.17) is 58.5 Å². The van der Waals surface area contributed by atoms with Crippen LogP contribution < -0.4 is 36.8 Å². The number of anilines is 5. The lowest BCUT2D eigenvalue weighted by Gasteiger charge is -2.39. The highest BCUT2D eigenvalue weighted by molar-refractivity contribution is 6.11. The third-order valence-electron chi connectivity index (χ3n) is 14.6. The minimum absolute atomic E-state index is 0.143. The maximum Gasteiger partial charge on any atom is 0.293 e. The second-order valence-corrected chi connectivity index (χ2v) is 20.3. The molecule has 1 amide bonds. The topological polar surface area (TPSA) is 256 Å². The van der Waals surface area contributed by atoms with Gasteiger partial charge in [-0.15, -0.1) is 5.10 Å². The Balaban J connectivity index is 0.000000159. The van der Waals surface area contributed by atoms with E-state index in [2.05, 4.69) is 51.3 Å². The Morgan fingerprint density at radius 2 is 1.47 bits per heavy atom. The summed E-state index contributed by atoms with van der Waals surface area (Å²) >= 11 is 0. The van der Waals surface area contributed by atoms with Gasteiger partial charge < -0.3 is 51.1 Å². The quantitative estimate of drug-likeness (QED) is 0.139. The highest BCUT2D eigenvalue weighted by Crippen LogP contribution is 2.39. The van der Waals surface area contributed by atoms with Gasteiger partial charge in [-0.05, 0) is 103 Å². The molecule has 11 heterocycles. The Morgan fingerprint density at radius 1 is 0.833 bits per heavy atom. The summed E-state index contributed by atoms with van der Waals surface area (Å²) in [7, 11) is 0. The number of rotatable bonds is 8. The first kappa shape index (κ1) is 50.1. The Kier molecular flexibility index (Phi) is 14.9. The Hall–Kier alpha value is -6.89. The average Bonchev–Trinajstić information content (AvgIpc) is 4.02. The number of hydrogen-bond donors (Lipinski definition) is 3. The van der Waals surface area contributed by atoms with Gasteiger partial charge in [-0.3, -0.25) is 24.5 Å². The third-order valence-corrected chi connectivity index (χ3v) is 14.6. The fourth-order valence-electron chi connectivity index (χ4n) is 10.2. The molecule has 0 aliphatic carbocycles. The maximum atomic E-state index is 11.8. The van der Waals surface area contributed by atoms with E-state index in [1.165, 1.54) is 0 Å². The molecule has 3 saturated heterocycles. The summed E-state index contributed by atoms with van der Waals surface area (Å²) in [5.74, 6) is 3.03. The average molecular weight is 982 g/mol. The molecule has 21 nitrogen and oxygen atoms in total. The molecule has 0 spiro atoms. The maximum absolute atomic E-state index is 11.8. The lowest BCUT2D eigenvalue weighted by molar-refractivity contribution is -0.138. The van der Waals surface area contributed by atoms with Crippen molar-refractivity contribution in [2.24, 2.45) is 27.6 Å². The third kappa shape index (κ3) is 10.4. The van der Waals surface area contributed by atoms with E-state index in [9.17, 15) is 9.59 Å². The lowest BCUT2D eigenvalue weighted by atomic mass is 9.78. The second-order valence-electron chi connectivity index (χ2n) is 20.3. The zero-order valence-corrected chi connectivity index (χ0v) is 41.7. The molecule has 0 saturated carbocycles. The normalized spacial score (nSPS) is 20.1. The van der Waals surface area contributed by atoms with E-state index in [0.29, 0.717) is 45.5 Å². The molecule has 380 valence electrons. The zero-order valence-electron chi connectivity index (χ0n) is 41.7. The Bertz CT molecular complexity index is 2800. The van der Waals surface area contributed by atoms with Crippen molar-refractivity contribution in [3.8, 4) is 0 Å². The highest BCUT2D eigenvalue weighted by Gasteiger charge is 2.41. The number of carbonyl (C=O) groups excluding carboxylic acids is 2. The Morgan fingerprint density at radius 3 is 2.06 bits per heavy atom. The van der Waals surface area contributed by atoms with Gasteiger partial charge in [0, 0.05) is 77.7 Å². The molecule has 0 bridgehead atoms. The molecule has 3 fully saturated rings. The zero-order chi connectivity index (χ0) is 50.5. The highest BCUT2D eigenvalue weighted by atomic mass is 16.5. The standard InChI is InChI=1S/C25H31N9O.C21H26N8O.C5H10O2/c1-27-25(17-26)9-13-32(14-10-25)20-16-29-22-23(30-20)34(21-8-2-3-15-35-21)31-24(22)33-12-5-6-18-19(33)7-4-11-28-18;22-13-21(20(23)30)5-9-28(10-6-21)17-12-25-18-15(27-17)11-26-19(18)29-8-2-3-14-16(29)4-1-7-24-14;1-5(2,3)7-4-6/h4,7,11,16,21H,2-3,5-6,8-10,12-15,17,26H2;1,4,7,12H,2-3,5-6,8-11,13,22H2,(H2,23,30);4H,1-3H3. The molecule has 0 radical (unpaired) electrons. The fourth-order valence-corrected chi connectivity index (χ4v) is 10.2. The molecule has 1 atom stereocenters. The SMILES string of the molecule is CC(C)(C)OC=O.NCC1(C(N)=O)CCN(c2cnc3c(n2)CN=C3N2CCCc3ncccc32)CC1.[C-]#[N+]C1(CN)CCN(c2cnc3c(N4CCCc5ncccc54)nn(C4CCCCO4)c3n2)CC1. The summed E-state index contributed by atoms with van der Waals surface area (Å²) in [5.41, 5.74) is 23.7. The summed E-state index contributed by atoms with van der Waals surface area (Å²) in [4.78, 5) is 67.6. The van der Waals surface area contributed by atoms with Crippen molar-refractivity contribution < 1.29 is 19.1 Å². The monoisotopic (exact) mass is 982 g/mol. The van der Waals surface area contributed by atoms with Crippen LogP contribution in [-0.4, -0.2) is 128 Å². The number of nitrogens with two attached hydrogens (primary N) is 3. The minimum Gasteiger partial charge on any atom is -0.462 e. The van der Waals surface area contributed by atoms with Crippen LogP contribution >= 0.6 is 0 Å². The summed E-state index contributed by atoms with van der Waals surface area (Å²) in [5, 5.41) is 5.06. The number of nitrogens with zero attached hydrogens (tertiary/aromatic N) is 14. The first-order valence-electron chi connectivity index (χ1n) is 25.3. The van der Waals surface area contributed by atoms with Crippen molar-refractivity contribution in [2.75, 3.05) is 78.6 Å². The number of aliphatic imine (C=N–C) groups is 1. The van der Waals surface area contributed by atoms with Gasteiger partial charge in [-0.25, -0.2) is 31.2 Å². The predicted molar refractivity (Wildman–Crippen MR) is 275 cm³/mol. The number of piperidine rings is 2. The summed E-state index contributed by atoms with van der Waals surface area (Å²) in [6, 6.07) is 8.15. The first-order valence-corrected chi connectivity index (χ1v) is 25.3. The van der Waals surface area contributed by atoms with Gasteiger partial charge in [0.1, 0.15) is 22.9 Å². The van der Waals surface area contributed by atoms with Crippen molar-refractivity contribution in [2.45, 2.75) is 115 Å². The molecule has 6 aliphatic rings. The number of aryl methyl sites for hydroxylation is 2. The number of amidine groups is 1. The van der Waals surface area contributed by atoms with E-state index in [1.807, 2.05) is 62.4 Å². The number of amides is 1. The van der Waals surface area contributed by atoms with Crippen molar-refractivity contribution in [1.82, 2.24) is 39.7 Å². The number of hydrogen-bond acceptors (Lipinski definition) is 18. The number of pyridine rings is 2. The number of carbonyl (C=O) groups is 2. The number of fused-ring (bicyclic) bond motifs is 4. The fraction of sp³-hybridized carbons (Fsp3) is 0.549. The largest absolute Gasteiger partial charge is 0.462 e. The van der Waals surface area contributed by atoms with E-state index >= 15 is 0 Å². The number of primary amides is 1. The minimum atomic E-state index is -0.605. The van der Waals surface area contributed by atoms with Crippen LogP contribution in [0.15, 0.2) is 54.0 Å². The van der Waals surface area contributed by atoms with Gasteiger partial charge >= 0.3 is 0 Å². The van der Waals surface area contributed by atoms with E-state index < -0.39 is 11.0 Å². The van der Waals surface area contributed by atoms with Gasteiger partial charge in [-0.1, -0.05) is 0 Å². The summed E-state index contributed by atoms with van der Waals surface area (Å²) in [6.45, 7) is 20.1. The van der Waals surface area contributed by atoms with E-state index in [1.54, 1.807) is 0 Å². The molecule has 5 aromatic rings. The van der Waals surface area contributed by atoms with Crippen molar-refractivity contribution in [3.63, 3.8) is 0 Å². The van der Waals surface area contributed by atoms with E-state index in [0.717, 1.165) is 159 Å². The van der Waals surface area contributed by atoms with Gasteiger partial charge in [0.2, 0.25) is 11.4 Å². The molecule has 0 aromatic carbocycles. The van der Waals surface area contributed by atoms with Crippen LogP contribution in [0.5, 0.6) is 0 Å². The molecule has 5 aromatic heterocycles. The van der Waals surface area contributed by atoms with E-state index in [-0.39, 0.29) is 24.3 Å². The predicted octanol–water partition coefficient (Wildman–Crippen LogP) is 4.79. The van der Waals surface area contributed by atoms with Crippen molar-refractivity contribution in [3.05, 3.63) is 83.2 Å². The molecule has 6 aliphatic heterocycles. The first-order chi connectivity index (χ1) is 34.9. The molecular weight excluding hydrogens is 915 g/mol. The van der Waals surface area contributed by atoms with Crippen molar-refractivity contribution in [1.29, 1.82) is 0 Å². The smallest absolute Gasteiger partial charge is 0.293 e. The Labute approximate surface area is 420 Å². The molecule has 11 rings (SSSR count). The second kappa shape index (κ2) is 21.4. The number of aromatic nitrogens is 8. The molecule has 1 unspecified atom stereocenters. The van der Waals surface area contributed by atoms with Crippen molar-refractivity contribution >= 4 is 58.2 Å². The van der Waals surface area contributed by atoms with Crippen LogP contribution in [0.2, 0.25) is 0 Å². The summed E-state index contributed by atoms with van der Waals surface area (Å²) in [6.07, 6.45) is 17.1. The molecule has 6 N–H and O–H groups in total.